The largest absolute Gasteiger partial charge is 0.494 e. The Kier molecular flexibility index (Phi) is 6.80. The number of benzene rings is 1. The summed E-state index contributed by atoms with van der Waals surface area (Å²) in [6.45, 7) is 4.35. The number of hydrogen-bond acceptors (Lipinski definition) is 7. The maximum atomic E-state index is 13.6. The Labute approximate surface area is 187 Å². The Morgan fingerprint density at radius 2 is 2.19 bits per heavy atom. The van der Waals surface area contributed by atoms with Gasteiger partial charge >= 0.3 is 0 Å². The number of anilines is 1. The molecule has 2 aliphatic heterocycles. The molecule has 0 aliphatic carbocycles. The molecule has 4 rings (SSSR count). The second-order valence-corrected chi connectivity index (χ2v) is 11.1. The summed E-state index contributed by atoms with van der Waals surface area (Å²) in [6, 6.07) is 5.73. The standard InChI is InChI=1S/C21H29N3O5S2/c1-3-28-16-8-9-18-19(12-16)30-21(22-18)24(14-17-7-5-11-29-17)20(25)15-6-4-10-23(13-15)31(2,26)27/h8-9,12,15,17H,3-7,10-11,13-14H2,1-2H3. The minimum atomic E-state index is -3.32. The van der Waals surface area contributed by atoms with Crippen LogP contribution in [0.2, 0.25) is 0 Å². The maximum Gasteiger partial charge on any atom is 0.233 e. The number of carbonyl (C=O) groups is 1. The summed E-state index contributed by atoms with van der Waals surface area (Å²) in [6.07, 6.45) is 4.41. The summed E-state index contributed by atoms with van der Waals surface area (Å²) in [5.41, 5.74) is 0.815. The van der Waals surface area contributed by atoms with Gasteiger partial charge in [-0.15, -0.1) is 0 Å². The van der Waals surface area contributed by atoms with Crippen molar-refractivity contribution in [3.8, 4) is 5.75 Å². The van der Waals surface area contributed by atoms with Crippen molar-refractivity contribution in [1.29, 1.82) is 0 Å². The van der Waals surface area contributed by atoms with Crippen LogP contribution < -0.4 is 9.64 Å². The van der Waals surface area contributed by atoms with E-state index in [1.807, 2.05) is 25.1 Å². The molecule has 0 radical (unpaired) electrons. The van der Waals surface area contributed by atoms with Crippen molar-refractivity contribution in [1.82, 2.24) is 9.29 Å². The minimum Gasteiger partial charge on any atom is -0.494 e. The first-order chi connectivity index (χ1) is 14.8. The molecule has 0 saturated carbocycles. The molecular formula is C21H29N3O5S2. The van der Waals surface area contributed by atoms with Gasteiger partial charge in [0.2, 0.25) is 15.9 Å². The zero-order valence-corrected chi connectivity index (χ0v) is 19.6. The van der Waals surface area contributed by atoms with E-state index in [1.54, 1.807) is 4.90 Å². The molecule has 2 unspecified atom stereocenters. The Bertz CT molecular complexity index is 1030. The molecule has 0 spiro atoms. The molecule has 2 fully saturated rings. The lowest BCUT2D eigenvalue weighted by Crippen LogP contribution is -2.48. The molecule has 170 valence electrons. The van der Waals surface area contributed by atoms with Crippen LogP contribution in [-0.4, -0.2) is 68.8 Å². The average Bonchev–Trinajstić information content (AvgIpc) is 3.40. The first-order valence-electron chi connectivity index (χ1n) is 10.8. The molecule has 2 aliphatic rings. The van der Waals surface area contributed by atoms with E-state index in [0.717, 1.165) is 28.8 Å². The second kappa shape index (κ2) is 9.40. The molecule has 2 atom stereocenters. The Hall–Kier alpha value is -1.75. The summed E-state index contributed by atoms with van der Waals surface area (Å²) in [5.74, 6) is 0.321. The van der Waals surface area contributed by atoms with Crippen molar-refractivity contribution in [2.45, 2.75) is 38.7 Å². The molecule has 3 heterocycles. The second-order valence-electron chi connectivity index (χ2n) is 8.10. The number of nitrogens with zero attached hydrogens (tertiary/aromatic N) is 3. The number of amides is 1. The number of hydrogen-bond donors (Lipinski definition) is 0. The van der Waals surface area contributed by atoms with Gasteiger partial charge in [0.05, 0.1) is 41.6 Å². The number of ether oxygens (including phenoxy) is 2. The molecule has 1 amide bonds. The summed E-state index contributed by atoms with van der Waals surface area (Å²) in [5, 5.41) is 0.626. The fourth-order valence-electron chi connectivity index (χ4n) is 4.18. The Balaban J connectivity index is 1.62. The topological polar surface area (TPSA) is 89.0 Å². The lowest BCUT2D eigenvalue weighted by molar-refractivity contribution is -0.123. The van der Waals surface area contributed by atoms with Crippen LogP contribution >= 0.6 is 11.3 Å². The highest BCUT2D eigenvalue weighted by Crippen LogP contribution is 2.34. The molecule has 2 saturated heterocycles. The SMILES string of the molecule is CCOc1ccc2nc(N(CC3CCCO3)C(=O)C3CCCN(S(C)(=O)=O)C3)sc2c1. The van der Waals surface area contributed by atoms with Gasteiger partial charge in [-0.25, -0.2) is 17.7 Å². The van der Waals surface area contributed by atoms with Gasteiger partial charge in [-0.3, -0.25) is 9.69 Å². The normalized spacial score (nSPS) is 22.6. The van der Waals surface area contributed by atoms with Crippen LogP contribution in [-0.2, 0) is 19.6 Å². The molecule has 8 nitrogen and oxygen atoms in total. The number of carbonyl (C=O) groups excluding carboxylic acids is 1. The van der Waals surface area contributed by atoms with E-state index in [-0.39, 0.29) is 24.5 Å². The number of rotatable bonds is 7. The van der Waals surface area contributed by atoms with Crippen LogP contribution in [0.3, 0.4) is 0 Å². The fraction of sp³-hybridized carbons (Fsp3) is 0.619. The van der Waals surface area contributed by atoms with Crippen LogP contribution in [0, 0.1) is 5.92 Å². The third kappa shape index (κ3) is 5.19. The van der Waals surface area contributed by atoms with E-state index in [2.05, 4.69) is 0 Å². The number of piperidine rings is 1. The van der Waals surface area contributed by atoms with Crippen LogP contribution in [0.1, 0.15) is 32.6 Å². The zero-order valence-electron chi connectivity index (χ0n) is 18.0. The van der Waals surface area contributed by atoms with Gasteiger partial charge in [0.15, 0.2) is 5.13 Å². The highest BCUT2D eigenvalue weighted by atomic mass is 32.2. The van der Waals surface area contributed by atoms with E-state index >= 15 is 0 Å². The first-order valence-corrected chi connectivity index (χ1v) is 13.4. The highest BCUT2D eigenvalue weighted by molar-refractivity contribution is 7.88. The fourth-order valence-corrected chi connectivity index (χ4v) is 6.10. The summed E-state index contributed by atoms with van der Waals surface area (Å²) in [4.78, 5) is 20.0. The summed E-state index contributed by atoms with van der Waals surface area (Å²) < 4.78 is 37.8. The van der Waals surface area contributed by atoms with Gasteiger partial charge in [-0.2, -0.15) is 0 Å². The molecule has 2 aromatic rings. The quantitative estimate of drug-likeness (QED) is 0.622. The van der Waals surface area contributed by atoms with Crippen LogP contribution in [0.4, 0.5) is 5.13 Å². The van der Waals surface area contributed by atoms with Gasteiger partial charge in [0.25, 0.3) is 0 Å². The van der Waals surface area contributed by atoms with Gasteiger partial charge in [0, 0.05) is 19.7 Å². The molecule has 10 heteroatoms. The van der Waals surface area contributed by atoms with E-state index in [0.29, 0.717) is 44.3 Å². The van der Waals surface area contributed by atoms with Crippen molar-refractivity contribution in [3.63, 3.8) is 0 Å². The van der Waals surface area contributed by atoms with Crippen molar-refractivity contribution in [2.24, 2.45) is 5.92 Å². The third-order valence-corrected chi connectivity index (χ3v) is 8.08. The monoisotopic (exact) mass is 467 g/mol. The Morgan fingerprint density at radius 1 is 1.35 bits per heavy atom. The van der Waals surface area contributed by atoms with Crippen LogP contribution in [0.25, 0.3) is 10.2 Å². The minimum absolute atomic E-state index is 0.0236. The molecule has 1 aromatic carbocycles. The molecular weight excluding hydrogens is 438 g/mol. The van der Waals surface area contributed by atoms with Crippen LogP contribution in [0.15, 0.2) is 18.2 Å². The van der Waals surface area contributed by atoms with Crippen LogP contribution in [0.5, 0.6) is 5.75 Å². The predicted octanol–water partition coefficient (Wildman–Crippen LogP) is 2.88. The maximum absolute atomic E-state index is 13.6. The van der Waals surface area contributed by atoms with Gasteiger partial charge < -0.3 is 9.47 Å². The van der Waals surface area contributed by atoms with Gasteiger partial charge in [-0.1, -0.05) is 11.3 Å². The highest BCUT2D eigenvalue weighted by Gasteiger charge is 2.35. The van der Waals surface area contributed by atoms with Crippen molar-refractivity contribution >= 4 is 42.6 Å². The smallest absolute Gasteiger partial charge is 0.233 e. The molecule has 0 bridgehead atoms. The Morgan fingerprint density at radius 3 is 2.90 bits per heavy atom. The number of sulfonamides is 1. The number of thiazole rings is 1. The average molecular weight is 468 g/mol. The van der Waals surface area contributed by atoms with E-state index in [9.17, 15) is 13.2 Å². The lowest BCUT2D eigenvalue weighted by atomic mass is 9.98. The third-order valence-electron chi connectivity index (χ3n) is 5.77. The van der Waals surface area contributed by atoms with E-state index in [1.165, 1.54) is 21.9 Å². The zero-order chi connectivity index (χ0) is 22.0. The van der Waals surface area contributed by atoms with Gasteiger partial charge in [-0.05, 0) is 50.8 Å². The van der Waals surface area contributed by atoms with Crippen molar-refractivity contribution in [3.05, 3.63) is 18.2 Å². The summed E-state index contributed by atoms with van der Waals surface area (Å²) in [7, 11) is -3.32. The molecule has 0 N–H and O–H groups in total. The van der Waals surface area contributed by atoms with Crippen molar-refractivity contribution in [2.75, 3.05) is 44.0 Å². The molecule has 1 aromatic heterocycles. The van der Waals surface area contributed by atoms with E-state index < -0.39 is 10.0 Å². The van der Waals surface area contributed by atoms with Crippen molar-refractivity contribution < 1.29 is 22.7 Å². The number of aromatic nitrogens is 1. The summed E-state index contributed by atoms with van der Waals surface area (Å²) >= 11 is 1.45. The first kappa shape index (κ1) is 22.4. The number of fused-ring (bicyclic) bond motifs is 1. The molecule has 31 heavy (non-hydrogen) atoms. The van der Waals surface area contributed by atoms with Gasteiger partial charge in [0.1, 0.15) is 5.75 Å². The van der Waals surface area contributed by atoms with E-state index in [4.69, 9.17) is 14.5 Å². The predicted molar refractivity (Wildman–Crippen MR) is 121 cm³/mol. The lowest BCUT2D eigenvalue weighted by Gasteiger charge is -2.33.